The third kappa shape index (κ3) is 2.93. The highest BCUT2D eigenvalue weighted by Crippen LogP contribution is 2.20. The van der Waals surface area contributed by atoms with E-state index in [0.717, 1.165) is 12.1 Å². The van der Waals surface area contributed by atoms with Crippen LogP contribution in [0.15, 0.2) is 36.4 Å². The number of hydrogen-bond donors (Lipinski definition) is 2. The Morgan fingerprint density at radius 2 is 1.95 bits per heavy atom. The summed E-state index contributed by atoms with van der Waals surface area (Å²) in [7, 11) is 0. The molecule has 20 heavy (non-hydrogen) atoms. The monoisotopic (exact) mass is 277 g/mol. The van der Waals surface area contributed by atoms with E-state index in [2.05, 4.69) is 5.32 Å². The van der Waals surface area contributed by atoms with E-state index in [4.69, 9.17) is 5.11 Å². The van der Waals surface area contributed by atoms with Gasteiger partial charge in [0.2, 0.25) is 0 Å². The predicted octanol–water partition coefficient (Wildman–Crippen LogP) is 3.58. The normalized spacial score (nSPS) is 10.3. The zero-order valence-corrected chi connectivity index (χ0v) is 10.8. The highest BCUT2D eigenvalue weighted by atomic mass is 19.2. The molecule has 0 aromatic heterocycles. The van der Waals surface area contributed by atoms with Gasteiger partial charge in [0.25, 0.3) is 0 Å². The molecule has 0 aliphatic rings. The van der Waals surface area contributed by atoms with Crippen LogP contribution in [0, 0.1) is 18.6 Å². The van der Waals surface area contributed by atoms with E-state index < -0.39 is 17.6 Å². The van der Waals surface area contributed by atoms with Gasteiger partial charge in [-0.1, -0.05) is 12.1 Å². The maximum atomic E-state index is 13.1. The first-order chi connectivity index (χ1) is 9.49. The van der Waals surface area contributed by atoms with Gasteiger partial charge in [-0.05, 0) is 42.3 Å². The summed E-state index contributed by atoms with van der Waals surface area (Å²) in [5.41, 5.74) is 2.03. The number of benzene rings is 2. The van der Waals surface area contributed by atoms with Crippen LogP contribution >= 0.6 is 0 Å². The zero-order valence-electron chi connectivity index (χ0n) is 10.8. The van der Waals surface area contributed by atoms with Crippen LogP contribution < -0.4 is 5.32 Å². The predicted molar refractivity (Wildman–Crippen MR) is 71.8 cm³/mol. The van der Waals surface area contributed by atoms with Crippen LogP contribution in [0.5, 0.6) is 0 Å². The van der Waals surface area contributed by atoms with Crippen LogP contribution in [-0.2, 0) is 6.54 Å². The Hall–Kier alpha value is -2.43. The van der Waals surface area contributed by atoms with Gasteiger partial charge < -0.3 is 10.4 Å². The summed E-state index contributed by atoms with van der Waals surface area (Å²) < 4.78 is 25.9. The molecule has 0 aliphatic carbocycles. The maximum absolute atomic E-state index is 13.1. The fourth-order valence-corrected chi connectivity index (χ4v) is 1.91. The molecular formula is C15H13F2NO2. The molecule has 2 rings (SSSR count). The van der Waals surface area contributed by atoms with Gasteiger partial charge in [-0.3, -0.25) is 0 Å². The van der Waals surface area contributed by atoms with Crippen molar-refractivity contribution in [1.82, 2.24) is 0 Å². The Bertz CT molecular complexity index is 656. The number of rotatable bonds is 4. The summed E-state index contributed by atoms with van der Waals surface area (Å²) in [4.78, 5) is 11.0. The van der Waals surface area contributed by atoms with E-state index in [1.54, 1.807) is 19.1 Å². The van der Waals surface area contributed by atoms with Crippen molar-refractivity contribution in [1.29, 1.82) is 0 Å². The van der Waals surface area contributed by atoms with Crippen molar-refractivity contribution < 1.29 is 18.7 Å². The lowest BCUT2D eigenvalue weighted by molar-refractivity contribution is 0.0696. The molecule has 3 nitrogen and oxygen atoms in total. The number of halogens is 2. The first kappa shape index (κ1) is 14.0. The number of anilines is 1. The molecule has 2 N–H and O–H groups in total. The molecular weight excluding hydrogens is 264 g/mol. The molecule has 0 saturated carbocycles. The molecule has 104 valence electrons. The molecule has 5 heteroatoms. The van der Waals surface area contributed by atoms with E-state index in [1.165, 1.54) is 12.1 Å². The Morgan fingerprint density at radius 1 is 1.20 bits per heavy atom. The number of carbonyl (C=O) groups is 1. The lowest BCUT2D eigenvalue weighted by atomic mass is 10.1. The number of nitrogens with one attached hydrogen (secondary N) is 1. The first-order valence-electron chi connectivity index (χ1n) is 5.99. The zero-order chi connectivity index (χ0) is 14.7. The average molecular weight is 277 g/mol. The summed E-state index contributed by atoms with van der Waals surface area (Å²) in [5, 5.41) is 12.0. The lowest BCUT2D eigenvalue weighted by Crippen LogP contribution is -2.06. The van der Waals surface area contributed by atoms with Crippen LogP contribution in [0.1, 0.15) is 21.5 Å². The Balaban J connectivity index is 2.17. The van der Waals surface area contributed by atoms with E-state index in [9.17, 15) is 13.6 Å². The first-order valence-corrected chi connectivity index (χ1v) is 5.99. The maximum Gasteiger partial charge on any atom is 0.336 e. The summed E-state index contributed by atoms with van der Waals surface area (Å²) in [5.74, 6) is -2.79. The molecule has 0 fully saturated rings. The van der Waals surface area contributed by atoms with Crippen molar-refractivity contribution in [2.24, 2.45) is 0 Å². The SMILES string of the molecule is Cc1c(NCc2ccc(F)c(F)c2)cccc1C(=O)O. The topological polar surface area (TPSA) is 49.3 Å². The molecule has 0 heterocycles. The number of carboxylic acid groups (broad SMARTS) is 1. The number of carboxylic acids is 1. The molecule has 0 spiro atoms. The molecule has 0 radical (unpaired) electrons. The fourth-order valence-electron chi connectivity index (χ4n) is 1.91. The minimum Gasteiger partial charge on any atom is -0.478 e. The van der Waals surface area contributed by atoms with Gasteiger partial charge in [-0.15, -0.1) is 0 Å². The van der Waals surface area contributed by atoms with E-state index in [-0.39, 0.29) is 12.1 Å². The van der Waals surface area contributed by atoms with Crippen LogP contribution in [-0.4, -0.2) is 11.1 Å². The summed E-state index contributed by atoms with van der Waals surface area (Å²) in [6.45, 7) is 1.97. The van der Waals surface area contributed by atoms with Gasteiger partial charge in [0.05, 0.1) is 5.56 Å². The van der Waals surface area contributed by atoms with Gasteiger partial charge in [0, 0.05) is 12.2 Å². The van der Waals surface area contributed by atoms with E-state index in [1.807, 2.05) is 0 Å². The third-order valence-electron chi connectivity index (χ3n) is 3.03. The third-order valence-corrected chi connectivity index (χ3v) is 3.03. The van der Waals surface area contributed by atoms with Gasteiger partial charge in [-0.2, -0.15) is 0 Å². The molecule has 2 aromatic carbocycles. The lowest BCUT2D eigenvalue weighted by Gasteiger charge is -2.11. The fraction of sp³-hybridized carbons (Fsp3) is 0.133. The molecule has 0 unspecified atom stereocenters. The molecule has 0 amide bonds. The Labute approximate surface area is 114 Å². The van der Waals surface area contributed by atoms with Gasteiger partial charge >= 0.3 is 5.97 Å². The summed E-state index contributed by atoms with van der Waals surface area (Å²) >= 11 is 0. The van der Waals surface area contributed by atoms with Gasteiger partial charge in [0.1, 0.15) is 0 Å². The van der Waals surface area contributed by atoms with Crippen molar-refractivity contribution in [2.45, 2.75) is 13.5 Å². The largest absolute Gasteiger partial charge is 0.478 e. The summed E-state index contributed by atoms with van der Waals surface area (Å²) in [6.07, 6.45) is 0. The molecule has 0 bridgehead atoms. The number of aromatic carboxylic acids is 1. The molecule has 0 aliphatic heterocycles. The molecule has 2 aromatic rings. The van der Waals surface area contributed by atoms with Crippen LogP contribution in [0.25, 0.3) is 0 Å². The van der Waals surface area contributed by atoms with Crippen LogP contribution in [0.2, 0.25) is 0 Å². The second-order valence-electron chi connectivity index (χ2n) is 4.39. The van der Waals surface area contributed by atoms with Gasteiger partial charge in [0.15, 0.2) is 11.6 Å². The van der Waals surface area contributed by atoms with Crippen molar-refractivity contribution in [3.05, 3.63) is 64.7 Å². The second-order valence-corrected chi connectivity index (χ2v) is 4.39. The van der Waals surface area contributed by atoms with Gasteiger partial charge in [-0.25, -0.2) is 13.6 Å². The molecule has 0 saturated heterocycles. The highest BCUT2D eigenvalue weighted by molar-refractivity contribution is 5.91. The Morgan fingerprint density at radius 3 is 2.60 bits per heavy atom. The quantitative estimate of drug-likeness (QED) is 0.898. The average Bonchev–Trinajstić information content (AvgIpc) is 2.41. The summed E-state index contributed by atoms with van der Waals surface area (Å²) in [6, 6.07) is 8.53. The van der Waals surface area contributed by atoms with Crippen LogP contribution in [0.4, 0.5) is 14.5 Å². The van der Waals surface area contributed by atoms with Crippen molar-refractivity contribution in [3.63, 3.8) is 0 Å². The smallest absolute Gasteiger partial charge is 0.336 e. The van der Waals surface area contributed by atoms with E-state index >= 15 is 0 Å². The Kier molecular flexibility index (Phi) is 3.98. The van der Waals surface area contributed by atoms with E-state index in [0.29, 0.717) is 16.8 Å². The minimum absolute atomic E-state index is 0.209. The second kappa shape index (κ2) is 5.69. The highest BCUT2D eigenvalue weighted by Gasteiger charge is 2.10. The standard InChI is InChI=1S/C15H13F2NO2/c1-9-11(15(19)20)3-2-4-14(9)18-8-10-5-6-12(16)13(17)7-10/h2-7,18H,8H2,1H3,(H,19,20). The van der Waals surface area contributed by atoms with Crippen molar-refractivity contribution in [2.75, 3.05) is 5.32 Å². The number of hydrogen-bond acceptors (Lipinski definition) is 2. The molecule has 0 atom stereocenters. The van der Waals surface area contributed by atoms with Crippen molar-refractivity contribution >= 4 is 11.7 Å². The van der Waals surface area contributed by atoms with Crippen molar-refractivity contribution in [3.8, 4) is 0 Å². The van der Waals surface area contributed by atoms with Crippen LogP contribution in [0.3, 0.4) is 0 Å². The minimum atomic E-state index is -1.00.